The van der Waals surface area contributed by atoms with Gasteiger partial charge in [-0.2, -0.15) is 0 Å². The summed E-state index contributed by atoms with van der Waals surface area (Å²) < 4.78 is 0. The maximum atomic E-state index is 9.35. The fraction of sp³-hybridized carbons (Fsp3) is 1.00. The van der Waals surface area contributed by atoms with Gasteiger partial charge in [-0.25, -0.2) is 0 Å². The first-order valence-electron chi connectivity index (χ1n) is 12.8. The maximum Gasteiger partial charge on any atom is 0.0431 e. The Morgan fingerprint density at radius 3 is 2.43 bits per heavy atom. The van der Waals surface area contributed by atoms with Crippen LogP contribution in [-0.4, -0.2) is 11.7 Å². The molecule has 4 rings (SSSR count). The lowest BCUT2D eigenvalue weighted by atomic mass is 9.40. The highest BCUT2D eigenvalue weighted by molar-refractivity contribution is 5.12. The highest BCUT2D eigenvalue weighted by Gasteiger charge is 2.64. The minimum absolute atomic E-state index is 0.368. The summed E-state index contributed by atoms with van der Waals surface area (Å²) in [6.45, 7) is 16.1. The number of hydrogen-bond donors (Lipinski definition) is 1. The Morgan fingerprint density at radius 1 is 0.964 bits per heavy atom. The fourth-order valence-electron chi connectivity index (χ4n) is 9.77. The second-order valence-electron chi connectivity index (χ2n) is 12.6. The van der Waals surface area contributed by atoms with Crippen LogP contribution in [0.5, 0.6) is 0 Å². The van der Waals surface area contributed by atoms with Crippen LogP contribution in [0.1, 0.15) is 99.3 Å². The molecule has 4 saturated carbocycles. The van der Waals surface area contributed by atoms with Crippen molar-refractivity contribution in [2.45, 2.75) is 99.3 Å². The Balaban J connectivity index is 1.62. The van der Waals surface area contributed by atoms with E-state index in [1.54, 1.807) is 0 Å². The molecule has 0 aromatic carbocycles. The van der Waals surface area contributed by atoms with Crippen molar-refractivity contribution in [3.8, 4) is 0 Å². The molecule has 11 atom stereocenters. The Labute approximate surface area is 175 Å². The topological polar surface area (TPSA) is 20.2 Å². The maximum absolute atomic E-state index is 9.35. The lowest BCUT2D eigenvalue weighted by Crippen LogP contribution is -2.58. The van der Waals surface area contributed by atoms with Crippen LogP contribution in [0.25, 0.3) is 0 Å². The minimum atomic E-state index is 0.368. The van der Waals surface area contributed by atoms with Crippen molar-refractivity contribution < 1.29 is 5.11 Å². The van der Waals surface area contributed by atoms with Crippen LogP contribution in [0.4, 0.5) is 0 Å². The van der Waals surface area contributed by atoms with Gasteiger partial charge in [0.25, 0.3) is 0 Å². The number of hydrogen-bond acceptors (Lipinski definition) is 1. The first kappa shape index (κ1) is 21.2. The summed E-state index contributed by atoms with van der Waals surface area (Å²) in [5.74, 6) is 8.31. The standard InChI is InChI=1S/C27H48O/c1-17-11-12-26(5)21(14-17)15-19(3)25-23-10-9-22(18(2)8-7-13-28)27(23,6)20(4)16-24(25)26/h17-25,28H,7-16H2,1-6H3/t17-,18-,19-,20+,21+,22-,23+,24+,25+,26+,27-/m1/s1. The van der Waals surface area contributed by atoms with E-state index in [1.807, 2.05) is 0 Å². The Hall–Kier alpha value is -0.0400. The summed E-state index contributed by atoms with van der Waals surface area (Å²) in [4.78, 5) is 0. The first-order chi connectivity index (χ1) is 13.2. The van der Waals surface area contributed by atoms with Gasteiger partial charge in [0.1, 0.15) is 0 Å². The SMILES string of the molecule is C[C@@H]1CC[C@@]2(C)[C@@H](C1)C[C@@H](C)[C@@H]1[C@@H]2C[C@H](C)[C@]2(C)[C@@H]([C@H](C)CCCO)CC[C@@H]12. The van der Waals surface area contributed by atoms with Crippen molar-refractivity contribution in [1.82, 2.24) is 0 Å². The van der Waals surface area contributed by atoms with Gasteiger partial charge in [-0.3, -0.25) is 0 Å². The predicted octanol–water partition coefficient (Wildman–Crippen LogP) is 7.18. The second kappa shape index (κ2) is 7.58. The van der Waals surface area contributed by atoms with E-state index in [2.05, 4.69) is 41.5 Å². The van der Waals surface area contributed by atoms with E-state index in [4.69, 9.17) is 0 Å². The smallest absolute Gasteiger partial charge is 0.0431 e. The predicted molar refractivity (Wildman–Crippen MR) is 119 cm³/mol. The molecule has 0 radical (unpaired) electrons. The van der Waals surface area contributed by atoms with Crippen LogP contribution in [0.2, 0.25) is 0 Å². The fourth-order valence-corrected chi connectivity index (χ4v) is 9.77. The van der Waals surface area contributed by atoms with Crippen molar-refractivity contribution in [2.24, 2.45) is 64.1 Å². The molecule has 0 aliphatic heterocycles. The highest BCUT2D eigenvalue weighted by atomic mass is 16.2. The number of rotatable bonds is 4. The molecule has 0 bridgehead atoms. The molecule has 0 heterocycles. The molecule has 0 aromatic heterocycles. The van der Waals surface area contributed by atoms with Crippen LogP contribution in [0.3, 0.4) is 0 Å². The van der Waals surface area contributed by atoms with E-state index in [0.717, 1.165) is 59.7 Å². The van der Waals surface area contributed by atoms with E-state index in [9.17, 15) is 5.11 Å². The molecule has 28 heavy (non-hydrogen) atoms. The molecular weight excluding hydrogens is 340 g/mol. The summed E-state index contributed by atoms with van der Waals surface area (Å²) in [5.41, 5.74) is 1.16. The normalized spacial score (nSPS) is 54.5. The number of aliphatic hydroxyl groups excluding tert-OH is 1. The number of fused-ring (bicyclic) bond motifs is 5. The number of aliphatic hydroxyl groups is 1. The molecule has 1 heteroatoms. The van der Waals surface area contributed by atoms with Gasteiger partial charge >= 0.3 is 0 Å². The van der Waals surface area contributed by atoms with Crippen LogP contribution in [0, 0.1) is 64.1 Å². The van der Waals surface area contributed by atoms with Crippen LogP contribution < -0.4 is 0 Å². The molecular formula is C27H48O. The average molecular weight is 389 g/mol. The molecule has 4 fully saturated rings. The monoisotopic (exact) mass is 388 g/mol. The van der Waals surface area contributed by atoms with Gasteiger partial charge in [-0.05, 0) is 115 Å². The molecule has 4 aliphatic rings. The lowest BCUT2D eigenvalue weighted by molar-refractivity contribution is -0.162. The van der Waals surface area contributed by atoms with Crippen LogP contribution >= 0.6 is 0 Å². The molecule has 0 aromatic rings. The molecule has 0 spiro atoms. The summed E-state index contributed by atoms with van der Waals surface area (Å²) in [6.07, 6.45) is 12.6. The van der Waals surface area contributed by atoms with Gasteiger partial charge in [-0.15, -0.1) is 0 Å². The Morgan fingerprint density at radius 2 is 1.71 bits per heavy atom. The Bertz CT molecular complexity index is 556. The van der Waals surface area contributed by atoms with Crippen molar-refractivity contribution in [2.75, 3.05) is 6.61 Å². The van der Waals surface area contributed by atoms with Gasteiger partial charge in [0, 0.05) is 6.61 Å². The van der Waals surface area contributed by atoms with Gasteiger partial charge in [0.2, 0.25) is 0 Å². The summed E-state index contributed by atoms with van der Waals surface area (Å²) in [6, 6.07) is 0. The summed E-state index contributed by atoms with van der Waals surface area (Å²) in [5, 5.41) is 9.35. The van der Waals surface area contributed by atoms with Gasteiger partial charge in [-0.1, -0.05) is 48.0 Å². The largest absolute Gasteiger partial charge is 0.396 e. The zero-order valence-corrected chi connectivity index (χ0v) is 19.7. The van der Waals surface area contributed by atoms with Crippen molar-refractivity contribution in [3.05, 3.63) is 0 Å². The van der Waals surface area contributed by atoms with E-state index in [0.29, 0.717) is 17.4 Å². The van der Waals surface area contributed by atoms with Gasteiger partial charge < -0.3 is 5.11 Å². The summed E-state index contributed by atoms with van der Waals surface area (Å²) >= 11 is 0. The van der Waals surface area contributed by atoms with E-state index < -0.39 is 0 Å². The Kier molecular flexibility index (Phi) is 5.74. The van der Waals surface area contributed by atoms with E-state index in [1.165, 1.54) is 51.4 Å². The van der Waals surface area contributed by atoms with Crippen LogP contribution in [-0.2, 0) is 0 Å². The van der Waals surface area contributed by atoms with Gasteiger partial charge in [0.05, 0.1) is 0 Å². The molecule has 162 valence electrons. The molecule has 0 saturated heterocycles. The first-order valence-corrected chi connectivity index (χ1v) is 12.8. The van der Waals surface area contributed by atoms with E-state index in [-0.39, 0.29) is 0 Å². The second-order valence-corrected chi connectivity index (χ2v) is 12.6. The quantitative estimate of drug-likeness (QED) is 0.540. The zero-order chi connectivity index (χ0) is 20.3. The van der Waals surface area contributed by atoms with Crippen molar-refractivity contribution in [1.29, 1.82) is 0 Å². The molecule has 1 nitrogen and oxygen atoms in total. The van der Waals surface area contributed by atoms with E-state index >= 15 is 0 Å². The van der Waals surface area contributed by atoms with Crippen LogP contribution in [0.15, 0.2) is 0 Å². The lowest BCUT2D eigenvalue weighted by Gasteiger charge is -2.65. The third-order valence-corrected chi connectivity index (χ3v) is 11.4. The molecule has 1 N–H and O–H groups in total. The molecule has 0 amide bonds. The molecule has 0 unspecified atom stereocenters. The minimum Gasteiger partial charge on any atom is -0.396 e. The zero-order valence-electron chi connectivity index (χ0n) is 19.7. The van der Waals surface area contributed by atoms with Gasteiger partial charge in [0.15, 0.2) is 0 Å². The van der Waals surface area contributed by atoms with Crippen molar-refractivity contribution in [3.63, 3.8) is 0 Å². The highest BCUT2D eigenvalue weighted by Crippen LogP contribution is 2.71. The summed E-state index contributed by atoms with van der Waals surface area (Å²) in [7, 11) is 0. The third kappa shape index (κ3) is 3.04. The average Bonchev–Trinajstić information content (AvgIpc) is 3.01. The molecule has 4 aliphatic carbocycles. The van der Waals surface area contributed by atoms with Crippen molar-refractivity contribution >= 4 is 0 Å². The third-order valence-electron chi connectivity index (χ3n) is 11.4.